The van der Waals surface area contributed by atoms with E-state index in [-0.39, 0.29) is 0 Å². The Kier molecular flexibility index (Phi) is 1.66. The zero-order chi connectivity index (χ0) is 6.69. The Labute approximate surface area is 57.3 Å². The highest BCUT2D eigenvalue weighted by Crippen LogP contribution is 2.11. The molecule has 0 spiro atoms. The van der Waals surface area contributed by atoms with Crippen molar-refractivity contribution >= 4 is 17.6 Å². The molecule has 1 heterocycles. The van der Waals surface area contributed by atoms with Crippen LogP contribution in [0.1, 0.15) is 14.5 Å². The average molecular weight is 136 g/mol. The third-order valence-corrected chi connectivity index (χ3v) is 1.83. The number of carbonyl (C=O) groups excluding carboxylic acids is 1. The van der Waals surface area contributed by atoms with Crippen molar-refractivity contribution < 1.29 is 4.79 Å². The number of rotatable bonds is 1. The van der Waals surface area contributed by atoms with Crippen LogP contribution in [0.15, 0.2) is 12.1 Å². The van der Waals surface area contributed by atoms with E-state index in [0.717, 1.165) is 11.2 Å². The maximum Gasteiger partial charge on any atom is 0.160 e. The SMILES string of the molecule is C#Cc1ccc(C=O)s1. The largest absolute Gasteiger partial charge is 0.297 e. The molecule has 0 aliphatic rings. The molecular formula is C7H4OS. The molecule has 0 bridgehead atoms. The number of hydrogen-bond acceptors (Lipinski definition) is 2. The van der Waals surface area contributed by atoms with Crippen molar-refractivity contribution in [1.82, 2.24) is 0 Å². The molecule has 0 aliphatic carbocycles. The zero-order valence-electron chi connectivity index (χ0n) is 4.63. The lowest BCUT2D eigenvalue weighted by Crippen LogP contribution is -1.61. The highest BCUT2D eigenvalue weighted by Gasteiger charge is 1.92. The molecule has 0 radical (unpaired) electrons. The zero-order valence-corrected chi connectivity index (χ0v) is 5.44. The van der Waals surface area contributed by atoms with Gasteiger partial charge in [0.1, 0.15) is 0 Å². The number of aldehydes is 1. The minimum atomic E-state index is 0.683. The first-order valence-electron chi connectivity index (χ1n) is 2.38. The molecule has 0 aromatic carbocycles. The lowest BCUT2D eigenvalue weighted by molar-refractivity contribution is 0.112. The predicted octanol–water partition coefficient (Wildman–Crippen LogP) is 1.54. The molecule has 1 aromatic rings. The van der Waals surface area contributed by atoms with Gasteiger partial charge in [0.05, 0.1) is 9.75 Å². The first kappa shape index (κ1) is 6.06. The normalized spacial score (nSPS) is 8.33. The third-order valence-electron chi connectivity index (χ3n) is 0.885. The second-order valence-corrected chi connectivity index (χ2v) is 2.58. The van der Waals surface area contributed by atoms with Crippen molar-refractivity contribution in [3.05, 3.63) is 21.9 Å². The lowest BCUT2D eigenvalue weighted by atomic mass is 10.4. The first-order valence-corrected chi connectivity index (χ1v) is 3.20. The Hall–Kier alpha value is -1.07. The maximum absolute atomic E-state index is 10.1. The van der Waals surface area contributed by atoms with Gasteiger partial charge in [-0.05, 0) is 12.1 Å². The fourth-order valence-corrected chi connectivity index (χ4v) is 1.13. The minimum Gasteiger partial charge on any atom is -0.297 e. The summed E-state index contributed by atoms with van der Waals surface area (Å²) < 4.78 is 0. The molecule has 0 saturated carbocycles. The van der Waals surface area contributed by atoms with Crippen LogP contribution in [0.4, 0.5) is 0 Å². The Morgan fingerprint density at radius 2 is 2.44 bits per heavy atom. The second-order valence-electron chi connectivity index (χ2n) is 1.46. The van der Waals surface area contributed by atoms with Crippen LogP contribution in [0.5, 0.6) is 0 Å². The molecule has 0 saturated heterocycles. The van der Waals surface area contributed by atoms with Crippen molar-refractivity contribution in [2.45, 2.75) is 0 Å². The summed E-state index contributed by atoms with van der Waals surface area (Å²) in [5, 5.41) is 0. The van der Waals surface area contributed by atoms with Gasteiger partial charge in [-0.25, -0.2) is 0 Å². The van der Waals surface area contributed by atoms with Gasteiger partial charge in [-0.1, -0.05) is 5.92 Å². The van der Waals surface area contributed by atoms with Gasteiger partial charge in [-0.3, -0.25) is 4.79 Å². The van der Waals surface area contributed by atoms with Gasteiger partial charge in [0, 0.05) is 0 Å². The molecule has 0 atom stereocenters. The lowest BCUT2D eigenvalue weighted by Gasteiger charge is -1.71. The van der Waals surface area contributed by atoms with Gasteiger partial charge >= 0.3 is 0 Å². The standard InChI is InChI=1S/C7H4OS/c1-2-6-3-4-7(5-8)9-6/h1,3-5H. The molecule has 44 valence electrons. The average Bonchev–Trinajstić information content (AvgIpc) is 2.34. The molecule has 0 N–H and O–H groups in total. The van der Waals surface area contributed by atoms with Gasteiger partial charge in [0.2, 0.25) is 0 Å². The topological polar surface area (TPSA) is 17.1 Å². The summed E-state index contributed by atoms with van der Waals surface area (Å²) >= 11 is 1.33. The van der Waals surface area contributed by atoms with E-state index in [4.69, 9.17) is 6.42 Å². The fourth-order valence-electron chi connectivity index (χ4n) is 0.494. The van der Waals surface area contributed by atoms with Crippen molar-refractivity contribution in [2.24, 2.45) is 0 Å². The van der Waals surface area contributed by atoms with Crippen LogP contribution >= 0.6 is 11.3 Å². The molecule has 1 rings (SSSR count). The Morgan fingerprint density at radius 3 is 2.78 bits per heavy atom. The van der Waals surface area contributed by atoms with Crippen LogP contribution in [0, 0.1) is 12.3 Å². The highest BCUT2D eigenvalue weighted by molar-refractivity contribution is 7.14. The highest BCUT2D eigenvalue weighted by atomic mass is 32.1. The summed E-state index contributed by atoms with van der Waals surface area (Å²) in [7, 11) is 0. The van der Waals surface area contributed by atoms with Gasteiger partial charge in [-0.2, -0.15) is 0 Å². The molecule has 0 aliphatic heterocycles. The molecule has 1 nitrogen and oxygen atoms in total. The van der Waals surface area contributed by atoms with E-state index >= 15 is 0 Å². The van der Waals surface area contributed by atoms with Crippen molar-refractivity contribution in [2.75, 3.05) is 0 Å². The number of terminal acetylenes is 1. The van der Waals surface area contributed by atoms with Crippen molar-refractivity contribution in [3.63, 3.8) is 0 Å². The van der Waals surface area contributed by atoms with E-state index in [2.05, 4.69) is 5.92 Å². The number of carbonyl (C=O) groups is 1. The molecular weight excluding hydrogens is 132 g/mol. The van der Waals surface area contributed by atoms with Crippen molar-refractivity contribution in [1.29, 1.82) is 0 Å². The van der Waals surface area contributed by atoms with Gasteiger partial charge < -0.3 is 0 Å². The second kappa shape index (κ2) is 2.47. The van der Waals surface area contributed by atoms with E-state index in [1.165, 1.54) is 11.3 Å². The third kappa shape index (κ3) is 1.18. The maximum atomic E-state index is 10.1. The Bertz CT molecular complexity index is 254. The van der Waals surface area contributed by atoms with Gasteiger partial charge in [0.25, 0.3) is 0 Å². The predicted molar refractivity (Wildman–Crippen MR) is 37.6 cm³/mol. The summed E-state index contributed by atoms with van der Waals surface area (Å²) in [6, 6.07) is 3.47. The van der Waals surface area contributed by atoms with Crippen LogP contribution in [0.2, 0.25) is 0 Å². The number of thiophene rings is 1. The molecule has 0 fully saturated rings. The summed E-state index contributed by atoms with van der Waals surface area (Å²) in [6.45, 7) is 0. The summed E-state index contributed by atoms with van der Waals surface area (Å²) in [6.07, 6.45) is 5.86. The monoisotopic (exact) mass is 136 g/mol. The van der Waals surface area contributed by atoms with Gasteiger partial charge in [0.15, 0.2) is 6.29 Å². The van der Waals surface area contributed by atoms with Crippen LogP contribution in [0.25, 0.3) is 0 Å². The smallest absolute Gasteiger partial charge is 0.160 e. The molecule has 9 heavy (non-hydrogen) atoms. The molecule has 0 unspecified atom stereocenters. The van der Waals surface area contributed by atoms with Crippen molar-refractivity contribution in [3.8, 4) is 12.3 Å². The summed E-state index contributed by atoms with van der Waals surface area (Å²) in [4.78, 5) is 11.6. The van der Waals surface area contributed by atoms with E-state index in [1.807, 2.05) is 0 Å². The number of hydrogen-bond donors (Lipinski definition) is 0. The molecule has 1 aromatic heterocycles. The van der Waals surface area contributed by atoms with E-state index in [0.29, 0.717) is 4.88 Å². The van der Waals surface area contributed by atoms with Crippen LogP contribution in [-0.2, 0) is 0 Å². The van der Waals surface area contributed by atoms with Crippen LogP contribution < -0.4 is 0 Å². The van der Waals surface area contributed by atoms with E-state index < -0.39 is 0 Å². The summed E-state index contributed by atoms with van der Waals surface area (Å²) in [5.41, 5.74) is 0. The van der Waals surface area contributed by atoms with Gasteiger partial charge in [-0.15, -0.1) is 17.8 Å². The quantitative estimate of drug-likeness (QED) is 0.423. The molecule has 0 amide bonds. The minimum absolute atomic E-state index is 0.683. The Morgan fingerprint density at radius 1 is 1.67 bits per heavy atom. The van der Waals surface area contributed by atoms with Crippen LogP contribution in [-0.4, -0.2) is 6.29 Å². The summed E-state index contributed by atoms with van der Waals surface area (Å²) in [5.74, 6) is 2.44. The van der Waals surface area contributed by atoms with E-state index in [9.17, 15) is 4.79 Å². The fraction of sp³-hybridized carbons (Fsp3) is 0. The Balaban J connectivity index is 3.03. The first-order chi connectivity index (χ1) is 4.36. The molecule has 2 heteroatoms. The van der Waals surface area contributed by atoms with Crippen LogP contribution in [0.3, 0.4) is 0 Å². The van der Waals surface area contributed by atoms with E-state index in [1.54, 1.807) is 12.1 Å².